The number of nitrogens with zero attached hydrogens (tertiary/aromatic N) is 4. The summed E-state index contributed by atoms with van der Waals surface area (Å²) < 4.78 is 36.4. The smallest absolute Gasteiger partial charge is 0.388 e. The molecule has 3 rings (SSSR count). The maximum atomic E-state index is 12.3. The van der Waals surface area contributed by atoms with Crippen LogP contribution in [0.2, 0.25) is 0 Å². The molecule has 28 heavy (non-hydrogen) atoms. The Morgan fingerprint density at radius 1 is 1.21 bits per heavy atom. The molecule has 0 atom stereocenters. The Balaban J connectivity index is 1.84. The lowest BCUT2D eigenvalue weighted by Gasteiger charge is -2.14. The molecule has 0 aliphatic heterocycles. The third kappa shape index (κ3) is 4.30. The van der Waals surface area contributed by atoms with Crippen LogP contribution in [-0.2, 0) is 6.61 Å². The number of aldehydes is 1. The van der Waals surface area contributed by atoms with E-state index in [2.05, 4.69) is 19.8 Å². The second-order valence-electron chi connectivity index (χ2n) is 6.11. The second-order valence-corrected chi connectivity index (χ2v) is 6.11. The van der Waals surface area contributed by atoms with Gasteiger partial charge in [-0.05, 0) is 26.0 Å². The van der Waals surface area contributed by atoms with Crippen molar-refractivity contribution in [3.05, 3.63) is 54.0 Å². The van der Waals surface area contributed by atoms with Crippen LogP contribution in [0.15, 0.2) is 42.9 Å². The van der Waals surface area contributed by atoms with Gasteiger partial charge in [-0.25, -0.2) is 4.98 Å². The number of carbonyl (C=O) groups is 1. The third-order valence-corrected chi connectivity index (χ3v) is 3.89. The van der Waals surface area contributed by atoms with E-state index in [1.807, 2.05) is 30.7 Å². The molecule has 0 amide bonds. The molecule has 7 nitrogen and oxygen atoms in total. The molecule has 0 fully saturated rings. The van der Waals surface area contributed by atoms with Crippen molar-refractivity contribution in [2.24, 2.45) is 0 Å². The largest absolute Gasteiger partial charge is 0.486 e. The molecule has 0 saturated heterocycles. The van der Waals surface area contributed by atoms with Crippen LogP contribution in [0.1, 0.15) is 35.8 Å². The van der Waals surface area contributed by atoms with Gasteiger partial charge in [0.25, 0.3) is 0 Å². The monoisotopic (exact) mass is 388 g/mol. The third-order valence-electron chi connectivity index (χ3n) is 3.89. The number of alkyl halides is 2. The fraction of sp³-hybridized carbons (Fsp3) is 0.263. The van der Waals surface area contributed by atoms with Crippen molar-refractivity contribution >= 4 is 6.29 Å². The Morgan fingerprint density at radius 3 is 2.75 bits per heavy atom. The van der Waals surface area contributed by atoms with E-state index in [1.165, 1.54) is 6.20 Å². The molecule has 0 saturated carbocycles. The number of hydrogen-bond acceptors (Lipinski definition) is 6. The minimum absolute atomic E-state index is 0.0586. The molecule has 0 aliphatic rings. The Hall–Kier alpha value is -3.36. The highest BCUT2D eigenvalue weighted by molar-refractivity contribution is 5.79. The SMILES string of the molecule is CC(C)n1nccc1-c1ncccc1COc1cnc(OC(F)F)cc1C=O. The molecular weight excluding hydrogens is 370 g/mol. The summed E-state index contributed by atoms with van der Waals surface area (Å²) in [5.74, 6) is -0.198. The van der Waals surface area contributed by atoms with Crippen LogP contribution in [0, 0.1) is 0 Å². The van der Waals surface area contributed by atoms with Gasteiger partial charge in [0.2, 0.25) is 5.88 Å². The van der Waals surface area contributed by atoms with Crippen LogP contribution in [-0.4, -0.2) is 32.6 Å². The number of rotatable bonds is 8. The Morgan fingerprint density at radius 2 is 2.04 bits per heavy atom. The Bertz CT molecular complexity index is 960. The Kier molecular flexibility index (Phi) is 5.93. The fourth-order valence-electron chi connectivity index (χ4n) is 2.66. The van der Waals surface area contributed by atoms with E-state index in [1.54, 1.807) is 18.5 Å². The molecule has 3 aromatic heterocycles. The second kappa shape index (κ2) is 8.55. The van der Waals surface area contributed by atoms with Crippen molar-refractivity contribution in [3.8, 4) is 23.0 Å². The molecule has 3 heterocycles. The summed E-state index contributed by atoms with van der Waals surface area (Å²) in [6, 6.07) is 6.74. The van der Waals surface area contributed by atoms with Gasteiger partial charge in [0.1, 0.15) is 12.4 Å². The molecule has 146 valence electrons. The summed E-state index contributed by atoms with van der Waals surface area (Å²) in [4.78, 5) is 19.4. The summed E-state index contributed by atoms with van der Waals surface area (Å²) in [6.45, 7) is 1.10. The summed E-state index contributed by atoms with van der Waals surface area (Å²) in [7, 11) is 0. The molecule has 0 spiro atoms. The normalized spacial score (nSPS) is 11.1. The van der Waals surface area contributed by atoms with E-state index < -0.39 is 6.61 Å². The predicted molar refractivity (Wildman–Crippen MR) is 96.4 cm³/mol. The van der Waals surface area contributed by atoms with Gasteiger partial charge in [0.05, 0.1) is 23.1 Å². The molecule has 0 unspecified atom stereocenters. The fourth-order valence-corrected chi connectivity index (χ4v) is 2.66. The topological polar surface area (TPSA) is 79.1 Å². The minimum atomic E-state index is -3.03. The van der Waals surface area contributed by atoms with Crippen LogP contribution in [0.25, 0.3) is 11.4 Å². The average Bonchev–Trinajstić information content (AvgIpc) is 3.16. The van der Waals surface area contributed by atoms with Crippen LogP contribution < -0.4 is 9.47 Å². The lowest BCUT2D eigenvalue weighted by Crippen LogP contribution is -2.08. The summed E-state index contributed by atoms with van der Waals surface area (Å²) in [6.07, 6.45) is 5.04. The molecule has 0 aliphatic carbocycles. The highest BCUT2D eigenvalue weighted by Gasteiger charge is 2.15. The van der Waals surface area contributed by atoms with Gasteiger partial charge in [0, 0.05) is 30.1 Å². The average molecular weight is 388 g/mol. The first-order valence-corrected chi connectivity index (χ1v) is 8.50. The number of halogens is 2. The molecule has 3 aromatic rings. The van der Waals surface area contributed by atoms with Gasteiger partial charge in [-0.15, -0.1) is 0 Å². The van der Waals surface area contributed by atoms with Crippen molar-refractivity contribution < 1.29 is 23.0 Å². The van der Waals surface area contributed by atoms with Crippen LogP contribution >= 0.6 is 0 Å². The summed E-state index contributed by atoms with van der Waals surface area (Å²) >= 11 is 0. The van der Waals surface area contributed by atoms with Crippen molar-refractivity contribution in [1.82, 2.24) is 19.7 Å². The number of aromatic nitrogens is 4. The minimum Gasteiger partial charge on any atom is -0.486 e. The zero-order valence-electron chi connectivity index (χ0n) is 15.3. The molecule has 0 bridgehead atoms. The number of pyridine rings is 2. The lowest BCUT2D eigenvalue weighted by molar-refractivity contribution is -0.0529. The van der Waals surface area contributed by atoms with Crippen LogP contribution in [0.5, 0.6) is 11.6 Å². The van der Waals surface area contributed by atoms with Crippen LogP contribution in [0.4, 0.5) is 8.78 Å². The highest BCUT2D eigenvalue weighted by atomic mass is 19.3. The van der Waals surface area contributed by atoms with E-state index in [0.29, 0.717) is 12.0 Å². The summed E-state index contributed by atoms with van der Waals surface area (Å²) in [5.41, 5.74) is 2.37. The first-order valence-electron chi connectivity index (χ1n) is 8.50. The van der Waals surface area contributed by atoms with Crippen LogP contribution in [0.3, 0.4) is 0 Å². The van der Waals surface area contributed by atoms with Crippen molar-refractivity contribution in [1.29, 1.82) is 0 Å². The van der Waals surface area contributed by atoms with Gasteiger partial charge >= 0.3 is 6.61 Å². The van der Waals surface area contributed by atoms with E-state index >= 15 is 0 Å². The standard InChI is InChI=1S/C19H18F2N4O3/c1-12(2)25-15(5-7-24-25)18-13(4-3-6-22-18)11-27-16-9-23-17(28-19(20)21)8-14(16)10-26/h3-10,12,19H,11H2,1-2H3. The molecule has 9 heteroatoms. The molecule has 0 radical (unpaired) electrons. The predicted octanol–water partition coefficient (Wildman–Crippen LogP) is 3.91. The van der Waals surface area contributed by atoms with Gasteiger partial charge in [-0.1, -0.05) is 6.07 Å². The van der Waals surface area contributed by atoms with Gasteiger partial charge in [0.15, 0.2) is 6.29 Å². The number of ether oxygens (including phenoxy) is 2. The molecule has 0 aromatic carbocycles. The van der Waals surface area contributed by atoms with Crippen molar-refractivity contribution in [2.75, 3.05) is 0 Å². The maximum absolute atomic E-state index is 12.3. The zero-order chi connectivity index (χ0) is 20.1. The van der Waals surface area contributed by atoms with E-state index in [-0.39, 0.29) is 29.8 Å². The first-order chi connectivity index (χ1) is 13.5. The number of carbonyl (C=O) groups excluding carboxylic acids is 1. The van der Waals surface area contributed by atoms with E-state index in [4.69, 9.17) is 4.74 Å². The molecule has 0 N–H and O–H groups in total. The quantitative estimate of drug-likeness (QED) is 0.545. The van der Waals surface area contributed by atoms with Crippen molar-refractivity contribution in [2.45, 2.75) is 33.1 Å². The first kappa shape index (κ1) is 19.4. The summed E-state index contributed by atoms with van der Waals surface area (Å²) in [5, 5.41) is 4.32. The van der Waals surface area contributed by atoms with E-state index in [9.17, 15) is 13.6 Å². The Labute approximate surface area is 160 Å². The maximum Gasteiger partial charge on any atom is 0.388 e. The van der Waals surface area contributed by atoms with Crippen molar-refractivity contribution in [3.63, 3.8) is 0 Å². The highest BCUT2D eigenvalue weighted by Crippen LogP contribution is 2.26. The lowest BCUT2D eigenvalue weighted by atomic mass is 10.1. The zero-order valence-corrected chi connectivity index (χ0v) is 15.3. The van der Waals surface area contributed by atoms with E-state index in [0.717, 1.165) is 17.3 Å². The molecular formula is C19H18F2N4O3. The van der Waals surface area contributed by atoms with Gasteiger partial charge < -0.3 is 9.47 Å². The van der Waals surface area contributed by atoms with Gasteiger partial charge in [-0.2, -0.15) is 13.9 Å². The van der Waals surface area contributed by atoms with Gasteiger partial charge in [-0.3, -0.25) is 14.5 Å². The number of hydrogen-bond donors (Lipinski definition) is 0.